The van der Waals surface area contributed by atoms with Gasteiger partial charge in [0.2, 0.25) is 0 Å². The maximum absolute atomic E-state index is 2.63. The summed E-state index contributed by atoms with van der Waals surface area (Å²) in [6, 6.07) is 0. The molecule has 0 bridgehead atoms. The first-order chi connectivity index (χ1) is 21.3. The molecule has 0 atom stereocenters. The van der Waals surface area contributed by atoms with Crippen molar-refractivity contribution in [3.63, 3.8) is 0 Å². The van der Waals surface area contributed by atoms with Gasteiger partial charge in [0, 0.05) is 6.42 Å². The van der Waals surface area contributed by atoms with E-state index < -0.39 is 0 Å². The van der Waals surface area contributed by atoms with Gasteiger partial charge in [-0.15, -0.1) is 0 Å². The Morgan fingerprint density at radius 3 is 1.12 bits per heavy atom. The first-order valence-electron chi connectivity index (χ1n) is 20.4. The lowest BCUT2D eigenvalue weighted by molar-refractivity contribution is -0.704. The Kier molecular flexibility index (Phi) is 30.5. The molecule has 0 fully saturated rings. The largest absolute Gasteiger partial charge is 0.256 e. The maximum atomic E-state index is 2.63. The van der Waals surface area contributed by atoms with Gasteiger partial charge in [0.15, 0.2) is 0 Å². The highest BCUT2D eigenvalue weighted by Crippen LogP contribution is 2.16. The zero-order valence-corrected chi connectivity index (χ0v) is 30.3. The van der Waals surface area contributed by atoms with Crippen LogP contribution in [0.1, 0.15) is 232 Å². The van der Waals surface area contributed by atoms with Gasteiger partial charge in [0.25, 0.3) is 5.82 Å². The highest BCUT2D eigenvalue weighted by atomic mass is 15.1. The third kappa shape index (κ3) is 25.1. The lowest BCUT2D eigenvalue weighted by Crippen LogP contribution is -2.37. The molecule has 0 aliphatic rings. The van der Waals surface area contributed by atoms with Crippen molar-refractivity contribution in [1.82, 2.24) is 4.57 Å². The fourth-order valence-electron chi connectivity index (χ4n) is 6.86. The molecular formula is C41H81N2+. The minimum absolute atomic E-state index is 1.23. The van der Waals surface area contributed by atoms with E-state index in [1.807, 2.05) is 0 Å². The quantitative estimate of drug-likeness (QED) is 0.0540. The summed E-state index contributed by atoms with van der Waals surface area (Å²) in [6.07, 6.45) is 51.9. The number of nitrogens with zero attached hydrogens (tertiary/aromatic N) is 2. The minimum Gasteiger partial charge on any atom is -0.234 e. The summed E-state index contributed by atoms with van der Waals surface area (Å²) in [5.74, 6) is 1.62. The first kappa shape index (κ1) is 40.2. The fraction of sp³-hybridized carbons (Fsp3) is 0.927. The van der Waals surface area contributed by atoms with Crippen molar-refractivity contribution < 1.29 is 4.57 Å². The molecule has 0 N–H and O–H groups in total. The van der Waals surface area contributed by atoms with E-state index in [1.54, 1.807) is 5.82 Å². The summed E-state index contributed by atoms with van der Waals surface area (Å²) >= 11 is 0. The van der Waals surface area contributed by atoms with Gasteiger partial charge in [-0.05, 0) is 32.1 Å². The standard InChI is InChI=1S/C41H81N2/c1-4-7-10-13-15-17-19-21-23-25-27-29-32-35-38-43-40-39-42(37-34-31-12-9-6-3)41(43)36-33-30-28-26-24-22-20-18-16-14-11-8-5-2/h39-40H,4-38H2,1-3H3/q+1. The van der Waals surface area contributed by atoms with Crippen LogP contribution >= 0.6 is 0 Å². The molecule has 0 unspecified atom stereocenters. The molecular weight excluding hydrogens is 520 g/mol. The van der Waals surface area contributed by atoms with E-state index in [4.69, 9.17) is 0 Å². The number of rotatable bonds is 35. The van der Waals surface area contributed by atoms with Crippen LogP contribution in [0.2, 0.25) is 0 Å². The molecule has 0 amide bonds. The predicted octanol–water partition coefficient (Wildman–Crippen LogP) is 13.9. The molecule has 2 nitrogen and oxygen atoms in total. The average Bonchev–Trinajstić information content (AvgIpc) is 3.40. The van der Waals surface area contributed by atoms with Gasteiger partial charge in [0.05, 0.1) is 13.1 Å². The van der Waals surface area contributed by atoms with Gasteiger partial charge in [0.1, 0.15) is 12.4 Å². The van der Waals surface area contributed by atoms with Crippen molar-refractivity contribution >= 4 is 0 Å². The molecule has 1 heterocycles. The molecule has 43 heavy (non-hydrogen) atoms. The third-order valence-electron chi connectivity index (χ3n) is 9.85. The molecule has 0 saturated carbocycles. The van der Waals surface area contributed by atoms with E-state index in [0.717, 1.165) is 0 Å². The van der Waals surface area contributed by atoms with Gasteiger partial charge in [-0.2, -0.15) is 0 Å². The summed E-state index contributed by atoms with van der Waals surface area (Å²) in [4.78, 5) is 0. The Labute approximate surface area is 272 Å². The Morgan fingerprint density at radius 1 is 0.395 bits per heavy atom. The minimum atomic E-state index is 1.23. The molecule has 1 rings (SSSR count). The molecule has 0 spiro atoms. The first-order valence-corrected chi connectivity index (χ1v) is 20.4. The van der Waals surface area contributed by atoms with Gasteiger partial charge in [-0.25, -0.2) is 9.13 Å². The molecule has 2 heteroatoms. The van der Waals surface area contributed by atoms with Crippen LogP contribution in [0.15, 0.2) is 12.4 Å². The number of imidazole rings is 1. The molecule has 0 aromatic carbocycles. The number of unbranched alkanes of at least 4 members (excludes halogenated alkanes) is 29. The van der Waals surface area contributed by atoms with Crippen molar-refractivity contribution in [3.05, 3.63) is 18.2 Å². The SMILES string of the molecule is CCCCCCCCCCCCCCCCn1cc[n+](CCCCCCC)c1CCCCCCCCCCCCCCC. The van der Waals surface area contributed by atoms with Crippen LogP contribution in [0.4, 0.5) is 0 Å². The Morgan fingerprint density at radius 2 is 0.721 bits per heavy atom. The van der Waals surface area contributed by atoms with Crippen LogP contribution in [0.3, 0.4) is 0 Å². The molecule has 0 saturated heterocycles. The van der Waals surface area contributed by atoms with Crippen LogP contribution in [0.25, 0.3) is 0 Å². The smallest absolute Gasteiger partial charge is 0.234 e. The monoisotopic (exact) mass is 602 g/mol. The second-order valence-electron chi connectivity index (χ2n) is 14.1. The van der Waals surface area contributed by atoms with Crippen molar-refractivity contribution in [1.29, 1.82) is 0 Å². The number of hydrogen-bond donors (Lipinski definition) is 0. The molecule has 0 aliphatic carbocycles. The van der Waals surface area contributed by atoms with Crippen molar-refractivity contribution in [2.75, 3.05) is 0 Å². The number of aryl methyl sites for hydroxylation is 2. The zero-order valence-electron chi connectivity index (χ0n) is 30.3. The number of hydrogen-bond acceptors (Lipinski definition) is 0. The van der Waals surface area contributed by atoms with Crippen LogP contribution < -0.4 is 4.57 Å². The van der Waals surface area contributed by atoms with E-state index in [0.29, 0.717) is 0 Å². The summed E-state index contributed by atoms with van der Waals surface area (Å²) in [5.41, 5.74) is 0. The Bertz CT molecular complexity index is 663. The summed E-state index contributed by atoms with van der Waals surface area (Å²) in [6.45, 7) is 9.40. The molecule has 0 aliphatic heterocycles. The normalized spacial score (nSPS) is 11.6. The van der Waals surface area contributed by atoms with Gasteiger partial charge >= 0.3 is 0 Å². The summed E-state index contributed by atoms with van der Waals surface area (Å²) < 4.78 is 5.25. The Balaban J connectivity index is 2.20. The predicted molar refractivity (Wildman–Crippen MR) is 193 cm³/mol. The fourth-order valence-corrected chi connectivity index (χ4v) is 6.86. The molecule has 254 valence electrons. The topological polar surface area (TPSA) is 8.81 Å². The van der Waals surface area contributed by atoms with E-state index in [1.165, 1.54) is 225 Å². The Hall–Kier alpha value is -0.790. The highest BCUT2D eigenvalue weighted by Gasteiger charge is 2.16. The van der Waals surface area contributed by atoms with Crippen LogP contribution in [0.5, 0.6) is 0 Å². The van der Waals surface area contributed by atoms with Crippen LogP contribution in [-0.2, 0) is 19.5 Å². The van der Waals surface area contributed by atoms with Gasteiger partial charge < -0.3 is 0 Å². The highest BCUT2D eigenvalue weighted by molar-refractivity contribution is 4.84. The maximum Gasteiger partial charge on any atom is 0.256 e. The van der Waals surface area contributed by atoms with Crippen LogP contribution in [0, 0.1) is 0 Å². The average molecular weight is 602 g/mol. The van der Waals surface area contributed by atoms with E-state index in [2.05, 4.69) is 42.3 Å². The molecule has 1 aromatic rings. The van der Waals surface area contributed by atoms with Crippen molar-refractivity contribution in [2.24, 2.45) is 0 Å². The van der Waals surface area contributed by atoms with Crippen LogP contribution in [-0.4, -0.2) is 4.57 Å². The summed E-state index contributed by atoms with van der Waals surface area (Å²) in [7, 11) is 0. The molecule has 1 aromatic heterocycles. The zero-order chi connectivity index (χ0) is 30.9. The summed E-state index contributed by atoms with van der Waals surface area (Å²) in [5, 5.41) is 0. The lowest BCUT2D eigenvalue weighted by atomic mass is 10.0. The lowest BCUT2D eigenvalue weighted by Gasteiger charge is -2.07. The second kappa shape index (κ2) is 32.6. The van der Waals surface area contributed by atoms with Gasteiger partial charge in [-0.1, -0.05) is 194 Å². The van der Waals surface area contributed by atoms with Crippen molar-refractivity contribution in [2.45, 2.75) is 246 Å². The van der Waals surface area contributed by atoms with E-state index in [9.17, 15) is 0 Å². The number of aromatic nitrogens is 2. The molecule has 0 radical (unpaired) electrons. The van der Waals surface area contributed by atoms with Gasteiger partial charge in [-0.3, -0.25) is 0 Å². The van der Waals surface area contributed by atoms with E-state index >= 15 is 0 Å². The van der Waals surface area contributed by atoms with E-state index in [-0.39, 0.29) is 0 Å². The van der Waals surface area contributed by atoms with Crippen molar-refractivity contribution in [3.8, 4) is 0 Å². The second-order valence-corrected chi connectivity index (χ2v) is 14.1. The third-order valence-corrected chi connectivity index (χ3v) is 9.85.